The molecule has 0 saturated carbocycles. The Balaban J connectivity index is 1.86. The number of hydrogen-bond acceptors (Lipinski definition) is 2. The van der Waals surface area contributed by atoms with Crippen LogP contribution in [0.1, 0.15) is 36.0 Å². The first-order chi connectivity index (χ1) is 9.06. The van der Waals surface area contributed by atoms with Crippen molar-refractivity contribution in [3.8, 4) is 0 Å². The first-order valence-corrected chi connectivity index (χ1v) is 6.52. The van der Waals surface area contributed by atoms with Crippen LogP contribution in [-0.2, 0) is 0 Å². The van der Waals surface area contributed by atoms with E-state index in [0.29, 0.717) is 12.8 Å². The lowest BCUT2D eigenvalue weighted by Crippen LogP contribution is -2.48. The third-order valence-electron chi connectivity index (χ3n) is 4.11. The summed E-state index contributed by atoms with van der Waals surface area (Å²) in [7, 11) is 0. The molecule has 2 unspecified atom stereocenters. The monoisotopic (exact) mass is 267 g/mol. The second-order valence-corrected chi connectivity index (χ2v) is 5.35. The van der Waals surface area contributed by atoms with Crippen molar-refractivity contribution in [1.82, 2.24) is 4.90 Å². The van der Waals surface area contributed by atoms with E-state index in [1.54, 1.807) is 4.90 Å². The average Bonchev–Trinajstić information content (AvgIpc) is 2.64. The minimum Gasteiger partial charge on any atom is -0.393 e. The molecule has 3 nitrogen and oxygen atoms in total. The van der Waals surface area contributed by atoms with Crippen LogP contribution in [-0.4, -0.2) is 34.1 Å². The zero-order valence-corrected chi connectivity index (χ0v) is 10.4. The molecule has 0 aromatic heterocycles. The van der Waals surface area contributed by atoms with Gasteiger partial charge in [-0.05, 0) is 43.9 Å². The number of fused-ring (bicyclic) bond motifs is 2. The molecule has 2 bridgehead atoms. The molecule has 0 radical (unpaired) electrons. The molecule has 0 aliphatic carbocycles. The van der Waals surface area contributed by atoms with Crippen LogP contribution in [0, 0.1) is 11.6 Å². The number of nitrogens with zero attached hydrogens (tertiary/aromatic N) is 1. The summed E-state index contributed by atoms with van der Waals surface area (Å²) >= 11 is 0. The molecule has 1 N–H and O–H groups in total. The number of benzene rings is 1. The van der Waals surface area contributed by atoms with Crippen LogP contribution in [0.5, 0.6) is 0 Å². The minimum atomic E-state index is -1.00. The average molecular weight is 267 g/mol. The summed E-state index contributed by atoms with van der Waals surface area (Å²) in [6, 6.07) is 3.28. The van der Waals surface area contributed by atoms with Gasteiger partial charge < -0.3 is 10.0 Å². The summed E-state index contributed by atoms with van der Waals surface area (Å²) in [6.45, 7) is 0. The topological polar surface area (TPSA) is 40.5 Å². The molecule has 1 aromatic rings. The normalized spacial score (nSPS) is 29.6. The number of amides is 1. The van der Waals surface area contributed by atoms with Crippen molar-refractivity contribution >= 4 is 5.91 Å². The molecule has 0 spiro atoms. The molecule has 1 amide bonds. The zero-order chi connectivity index (χ0) is 13.6. The number of aliphatic hydroxyl groups is 1. The first-order valence-electron chi connectivity index (χ1n) is 6.52. The van der Waals surface area contributed by atoms with E-state index >= 15 is 0 Å². The quantitative estimate of drug-likeness (QED) is 0.846. The summed E-state index contributed by atoms with van der Waals surface area (Å²) < 4.78 is 26.1. The Labute approximate surface area is 109 Å². The van der Waals surface area contributed by atoms with Crippen molar-refractivity contribution in [2.75, 3.05) is 0 Å². The number of halogens is 2. The van der Waals surface area contributed by atoms with Gasteiger partial charge in [0.2, 0.25) is 0 Å². The highest BCUT2D eigenvalue weighted by Gasteiger charge is 2.42. The lowest BCUT2D eigenvalue weighted by molar-refractivity contribution is 0.0286. The highest BCUT2D eigenvalue weighted by atomic mass is 19.2. The Morgan fingerprint density at radius 2 is 1.79 bits per heavy atom. The highest BCUT2D eigenvalue weighted by molar-refractivity contribution is 5.95. The summed E-state index contributed by atoms with van der Waals surface area (Å²) in [5, 5.41) is 9.69. The summed E-state index contributed by atoms with van der Waals surface area (Å²) in [4.78, 5) is 14.1. The lowest BCUT2D eigenvalue weighted by atomic mass is 9.98. The Hall–Kier alpha value is -1.49. The molecule has 2 saturated heterocycles. The summed E-state index contributed by atoms with van der Waals surface area (Å²) in [5.41, 5.74) is 0.173. The number of carbonyl (C=O) groups is 1. The highest BCUT2D eigenvalue weighted by Crippen LogP contribution is 2.36. The van der Waals surface area contributed by atoms with Crippen LogP contribution < -0.4 is 0 Å². The van der Waals surface area contributed by atoms with E-state index in [2.05, 4.69) is 0 Å². The molecule has 2 aliphatic rings. The van der Waals surface area contributed by atoms with Gasteiger partial charge >= 0.3 is 0 Å². The molecule has 2 heterocycles. The van der Waals surface area contributed by atoms with E-state index in [0.717, 1.165) is 25.0 Å². The molecule has 2 aliphatic heterocycles. The molecule has 2 fully saturated rings. The Kier molecular flexibility index (Phi) is 3.01. The van der Waals surface area contributed by atoms with Gasteiger partial charge in [0.05, 0.1) is 6.10 Å². The number of rotatable bonds is 1. The van der Waals surface area contributed by atoms with Crippen LogP contribution in [0.2, 0.25) is 0 Å². The van der Waals surface area contributed by atoms with Gasteiger partial charge in [0.15, 0.2) is 11.6 Å². The van der Waals surface area contributed by atoms with Crippen LogP contribution in [0.25, 0.3) is 0 Å². The second kappa shape index (κ2) is 4.56. The van der Waals surface area contributed by atoms with Crippen LogP contribution in [0.4, 0.5) is 8.78 Å². The molecule has 3 rings (SSSR count). The van der Waals surface area contributed by atoms with Crippen LogP contribution in [0.3, 0.4) is 0 Å². The standard InChI is InChI=1S/C14H15F2NO2/c15-12-4-1-8(5-13(12)16)14(19)17-9-2-3-10(17)7-11(18)6-9/h1,4-5,9-11,18H,2-3,6-7H2. The van der Waals surface area contributed by atoms with Crippen LogP contribution in [0.15, 0.2) is 18.2 Å². The molecule has 19 heavy (non-hydrogen) atoms. The van der Waals surface area contributed by atoms with E-state index in [1.165, 1.54) is 6.07 Å². The maximum atomic E-state index is 13.2. The molecular formula is C14H15F2NO2. The summed E-state index contributed by atoms with van der Waals surface area (Å²) in [5.74, 6) is -2.22. The van der Waals surface area contributed by atoms with Gasteiger partial charge in [0, 0.05) is 17.6 Å². The van der Waals surface area contributed by atoms with Crippen molar-refractivity contribution in [2.24, 2.45) is 0 Å². The van der Waals surface area contributed by atoms with Gasteiger partial charge in [0.1, 0.15) is 0 Å². The summed E-state index contributed by atoms with van der Waals surface area (Å²) in [6.07, 6.45) is 2.54. The molecule has 5 heteroatoms. The Morgan fingerprint density at radius 1 is 1.16 bits per heavy atom. The van der Waals surface area contributed by atoms with Crippen molar-refractivity contribution in [1.29, 1.82) is 0 Å². The molecule has 1 aromatic carbocycles. The molecular weight excluding hydrogens is 252 g/mol. The molecule has 2 atom stereocenters. The third kappa shape index (κ3) is 2.12. The van der Waals surface area contributed by atoms with Crippen molar-refractivity contribution in [3.05, 3.63) is 35.4 Å². The fourth-order valence-corrected chi connectivity index (χ4v) is 3.26. The Morgan fingerprint density at radius 3 is 2.37 bits per heavy atom. The van der Waals surface area contributed by atoms with Crippen molar-refractivity contribution in [2.45, 2.75) is 43.9 Å². The van der Waals surface area contributed by atoms with E-state index in [1.807, 2.05) is 0 Å². The number of piperidine rings is 1. The fourth-order valence-electron chi connectivity index (χ4n) is 3.26. The number of aliphatic hydroxyl groups excluding tert-OH is 1. The fraction of sp³-hybridized carbons (Fsp3) is 0.500. The third-order valence-corrected chi connectivity index (χ3v) is 4.11. The zero-order valence-electron chi connectivity index (χ0n) is 10.4. The second-order valence-electron chi connectivity index (χ2n) is 5.35. The van der Waals surface area contributed by atoms with Gasteiger partial charge in [-0.25, -0.2) is 8.78 Å². The maximum absolute atomic E-state index is 13.2. The predicted octanol–water partition coefficient (Wildman–Crippen LogP) is 2.09. The SMILES string of the molecule is O=C(c1ccc(F)c(F)c1)N1C2CCC1CC(O)C2. The minimum absolute atomic E-state index is 0.0226. The van der Waals surface area contributed by atoms with Crippen molar-refractivity contribution < 1.29 is 18.7 Å². The van der Waals surface area contributed by atoms with E-state index in [9.17, 15) is 18.7 Å². The van der Waals surface area contributed by atoms with Crippen LogP contribution >= 0.6 is 0 Å². The van der Waals surface area contributed by atoms with E-state index < -0.39 is 11.6 Å². The smallest absolute Gasteiger partial charge is 0.254 e. The van der Waals surface area contributed by atoms with Crippen molar-refractivity contribution in [3.63, 3.8) is 0 Å². The van der Waals surface area contributed by atoms with Gasteiger partial charge in [-0.2, -0.15) is 0 Å². The largest absolute Gasteiger partial charge is 0.393 e. The Bertz CT molecular complexity index is 506. The number of carbonyl (C=O) groups excluding carboxylic acids is 1. The van der Waals surface area contributed by atoms with E-state index in [4.69, 9.17) is 0 Å². The maximum Gasteiger partial charge on any atom is 0.254 e. The number of hydrogen-bond donors (Lipinski definition) is 1. The van der Waals surface area contributed by atoms with Gasteiger partial charge in [-0.1, -0.05) is 0 Å². The molecule has 102 valence electrons. The predicted molar refractivity (Wildman–Crippen MR) is 64.6 cm³/mol. The first kappa shape index (κ1) is 12.5. The van der Waals surface area contributed by atoms with Gasteiger partial charge in [-0.3, -0.25) is 4.79 Å². The van der Waals surface area contributed by atoms with Gasteiger partial charge in [0.25, 0.3) is 5.91 Å². The van der Waals surface area contributed by atoms with Gasteiger partial charge in [-0.15, -0.1) is 0 Å². The van der Waals surface area contributed by atoms with E-state index in [-0.39, 0.29) is 29.7 Å². The lowest BCUT2D eigenvalue weighted by Gasteiger charge is -2.37.